The first-order valence-electron chi connectivity index (χ1n) is 5.98. The predicted octanol–water partition coefficient (Wildman–Crippen LogP) is 5.01. The van der Waals surface area contributed by atoms with Gasteiger partial charge >= 0.3 is 0 Å². The number of hydrogen-bond acceptors (Lipinski definition) is 1. The van der Waals surface area contributed by atoms with Gasteiger partial charge in [0.2, 0.25) is 0 Å². The van der Waals surface area contributed by atoms with Gasteiger partial charge in [0.25, 0.3) is 0 Å². The minimum atomic E-state index is 0.0453. The van der Waals surface area contributed by atoms with Crippen LogP contribution in [0.4, 0.5) is 0 Å². The fourth-order valence-corrected chi connectivity index (χ4v) is 2.14. The first-order chi connectivity index (χ1) is 8.39. The van der Waals surface area contributed by atoms with Crippen molar-refractivity contribution in [2.24, 2.45) is 0 Å². The molecule has 1 N–H and O–H groups in total. The lowest BCUT2D eigenvalue weighted by Crippen LogP contribution is -2.10. The molecule has 0 radical (unpaired) electrons. The molecule has 0 saturated carbocycles. The molecule has 0 aliphatic rings. The average molecular weight is 261 g/mol. The van der Waals surface area contributed by atoms with Crippen molar-refractivity contribution in [2.75, 3.05) is 0 Å². The number of phenolic OH excluding ortho intramolecular Hbond substituents is 1. The normalized spacial score (nSPS) is 11.6. The first kappa shape index (κ1) is 13.0. The molecular formula is C16H17ClO. The predicted molar refractivity (Wildman–Crippen MR) is 77.3 cm³/mol. The minimum absolute atomic E-state index is 0.0453. The third-order valence-corrected chi connectivity index (χ3v) is 3.36. The van der Waals surface area contributed by atoms with Crippen molar-refractivity contribution in [3.63, 3.8) is 0 Å². The topological polar surface area (TPSA) is 20.2 Å². The molecule has 0 fully saturated rings. The van der Waals surface area contributed by atoms with Crippen molar-refractivity contribution in [3.05, 3.63) is 53.1 Å². The second-order valence-electron chi connectivity index (χ2n) is 5.46. The van der Waals surface area contributed by atoms with E-state index in [0.29, 0.717) is 5.02 Å². The summed E-state index contributed by atoms with van der Waals surface area (Å²) in [5, 5.41) is 10.7. The van der Waals surface area contributed by atoms with Crippen molar-refractivity contribution in [2.45, 2.75) is 26.2 Å². The van der Waals surface area contributed by atoms with Crippen LogP contribution in [-0.4, -0.2) is 5.11 Å². The molecule has 2 heteroatoms. The molecule has 0 unspecified atom stereocenters. The van der Waals surface area contributed by atoms with E-state index in [1.807, 2.05) is 36.4 Å². The lowest BCUT2D eigenvalue weighted by Gasteiger charge is -2.20. The molecule has 0 aliphatic heterocycles. The summed E-state index contributed by atoms with van der Waals surface area (Å²) in [6, 6.07) is 13.3. The van der Waals surface area contributed by atoms with Gasteiger partial charge in [0.15, 0.2) is 0 Å². The SMILES string of the molecule is CC(C)(C)c1ccc(O)c(-c2ccccc2Cl)c1. The average Bonchev–Trinajstić information content (AvgIpc) is 2.29. The van der Waals surface area contributed by atoms with Crippen LogP contribution in [-0.2, 0) is 5.41 Å². The van der Waals surface area contributed by atoms with Crippen LogP contribution >= 0.6 is 11.6 Å². The fourth-order valence-electron chi connectivity index (χ4n) is 1.90. The van der Waals surface area contributed by atoms with E-state index in [9.17, 15) is 5.11 Å². The van der Waals surface area contributed by atoms with Gasteiger partial charge in [-0.3, -0.25) is 0 Å². The van der Waals surface area contributed by atoms with Gasteiger partial charge in [0, 0.05) is 16.1 Å². The molecule has 0 bridgehead atoms. The molecule has 2 rings (SSSR count). The van der Waals surface area contributed by atoms with Gasteiger partial charge in [0.05, 0.1) is 0 Å². The van der Waals surface area contributed by atoms with Gasteiger partial charge in [-0.2, -0.15) is 0 Å². The summed E-state index contributed by atoms with van der Waals surface area (Å²) in [6.45, 7) is 6.45. The Hall–Kier alpha value is -1.47. The third-order valence-electron chi connectivity index (χ3n) is 3.03. The monoisotopic (exact) mass is 260 g/mol. The molecule has 1 nitrogen and oxygen atoms in total. The molecule has 0 saturated heterocycles. The minimum Gasteiger partial charge on any atom is -0.507 e. The molecular weight excluding hydrogens is 244 g/mol. The Labute approximate surface area is 113 Å². The molecule has 2 aromatic carbocycles. The Bertz CT molecular complexity index is 568. The first-order valence-corrected chi connectivity index (χ1v) is 6.36. The van der Waals surface area contributed by atoms with Crippen LogP contribution in [0.5, 0.6) is 5.75 Å². The van der Waals surface area contributed by atoms with Crippen molar-refractivity contribution in [3.8, 4) is 16.9 Å². The van der Waals surface area contributed by atoms with Crippen LogP contribution in [0.25, 0.3) is 11.1 Å². The zero-order chi connectivity index (χ0) is 13.3. The largest absolute Gasteiger partial charge is 0.507 e. The summed E-state index contributed by atoms with van der Waals surface area (Å²) in [5.74, 6) is 0.260. The maximum absolute atomic E-state index is 10.0. The smallest absolute Gasteiger partial charge is 0.123 e. The Morgan fingerprint density at radius 2 is 1.61 bits per heavy atom. The molecule has 18 heavy (non-hydrogen) atoms. The second kappa shape index (κ2) is 4.66. The van der Waals surface area contributed by atoms with E-state index >= 15 is 0 Å². The van der Waals surface area contributed by atoms with Crippen LogP contribution in [0.1, 0.15) is 26.3 Å². The van der Waals surface area contributed by atoms with Gasteiger partial charge < -0.3 is 5.11 Å². The maximum Gasteiger partial charge on any atom is 0.123 e. The van der Waals surface area contributed by atoms with E-state index in [0.717, 1.165) is 11.1 Å². The number of benzene rings is 2. The van der Waals surface area contributed by atoms with Gasteiger partial charge in [-0.05, 0) is 29.2 Å². The molecule has 0 atom stereocenters. The Morgan fingerprint density at radius 3 is 2.22 bits per heavy atom. The van der Waals surface area contributed by atoms with Crippen molar-refractivity contribution in [1.29, 1.82) is 0 Å². The summed E-state index contributed by atoms with van der Waals surface area (Å²) in [6.07, 6.45) is 0. The number of aromatic hydroxyl groups is 1. The highest BCUT2D eigenvalue weighted by molar-refractivity contribution is 6.33. The van der Waals surface area contributed by atoms with Crippen molar-refractivity contribution in [1.82, 2.24) is 0 Å². The van der Waals surface area contributed by atoms with Gasteiger partial charge in [-0.25, -0.2) is 0 Å². The quantitative estimate of drug-likeness (QED) is 0.764. The number of phenols is 1. The highest BCUT2D eigenvalue weighted by Crippen LogP contribution is 2.37. The van der Waals surface area contributed by atoms with E-state index in [1.54, 1.807) is 6.07 Å². The Kier molecular flexibility index (Phi) is 3.36. The molecule has 94 valence electrons. The molecule has 0 amide bonds. The van der Waals surface area contributed by atoms with E-state index in [-0.39, 0.29) is 11.2 Å². The van der Waals surface area contributed by atoms with Crippen LogP contribution in [0.2, 0.25) is 5.02 Å². The van der Waals surface area contributed by atoms with E-state index < -0.39 is 0 Å². The van der Waals surface area contributed by atoms with E-state index in [1.165, 1.54) is 5.56 Å². The number of hydrogen-bond donors (Lipinski definition) is 1. The summed E-state index contributed by atoms with van der Waals surface area (Å²) in [4.78, 5) is 0. The zero-order valence-electron chi connectivity index (χ0n) is 10.9. The summed E-state index contributed by atoms with van der Waals surface area (Å²) >= 11 is 6.19. The van der Waals surface area contributed by atoms with Gasteiger partial charge in [-0.1, -0.05) is 56.6 Å². The van der Waals surface area contributed by atoms with Crippen molar-refractivity contribution >= 4 is 11.6 Å². The Morgan fingerprint density at radius 1 is 0.944 bits per heavy atom. The molecule has 0 heterocycles. The highest BCUT2D eigenvalue weighted by atomic mass is 35.5. The summed E-state index contributed by atoms with van der Waals surface area (Å²) in [7, 11) is 0. The standard InChI is InChI=1S/C16H17ClO/c1-16(2,3)11-8-9-15(18)13(10-11)12-6-4-5-7-14(12)17/h4-10,18H,1-3H3. The highest BCUT2D eigenvalue weighted by Gasteiger charge is 2.16. The van der Waals surface area contributed by atoms with Crippen LogP contribution < -0.4 is 0 Å². The molecule has 2 aromatic rings. The van der Waals surface area contributed by atoms with Crippen LogP contribution in [0, 0.1) is 0 Å². The summed E-state index contributed by atoms with van der Waals surface area (Å²) < 4.78 is 0. The fraction of sp³-hybridized carbons (Fsp3) is 0.250. The number of halogens is 1. The van der Waals surface area contributed by atoms with Crippen LogP contribution in [0.3, 0.4) is 0 Å². The maximum atomic E-state index is 10.0. The molecule has 0 aromatic heterocycles. The van der Waals surface area contributed by atoms with Crippen molar-refractivity contribution < 1.29 is 5.11 Å². The molecule has 0 aliphatic carbocycles. The zero-order valence-corrected chi connectivity index (χ0v) is 11.6. The van der Waals surface area contributed by atoms with E-state index in [4.69, 9.17) is 11.6 Å². The second-order valence-corrected chi connectivity index (χ2v) is 5.87. The number of rotatable bonds is 1. The van der Waals surface area contributed by atoms with Gasteiger partial charge in [0.1, 0.15) is 5.75 Å². The van der Waals surface area contributed by atoms with E-state index in [2.05, 4.69) is 20.8 Å². The lowest BCUT2D eigenvalue weighted by atomic mass is 9.85. The third kappa shape index (κ3) is 2.51. The van der Waals surface area contributed by atoms with Crippen LogP contribution in [0.15, 0.2) is 42.5 Å². The van der Waals surface area contributed by atoms with Gasteiger partial charge in [-0.15, -0.1) is 0 Å². The Balaban J connectivity index is 2.61. The lowest BCUT2D eigenvalue weighted by molar-refractivity contribution is 0.476. The summed E-state index contributed by atoms with van der Waals surface area (Å²) in [5.41, 5.74) is 2.87. The molecule has 0 spiro atoms.